The summed E-state index contributed by atoms with van der Waals surface area (Å²) in [6.45, 7) is 5.58. The van der Waals surface area contributed by atoms with Crippen LogP contribution in [-0.2, 0) is 16.0 Å². The van der Waals surface area contributed by atoms with Gasteiger partial charge in [0.1, 0.15) is 6.29 Å². The highest BCUT2D eigenvalue weighted by atomic mass is 16.5. The summed E-state index contributed by atoms with van der Waals surface area (Å²) in [7, 11) is 3.32. The fraction of sp³-hybridized carbons (Fsp3) is 0.611. The van der Waals surface area contributed by atoms with Crippen molar-refractivity contribution in [3.63, 3.8) is 0 Å². The number of hydrogen-bond acceptors (Lipinski definition) is 4. The van der Waals surface area contributed by atoms with Crippen LogP contribution in [0.15, 0.2) is 18.2 Å². The Labute approximate surface area is 133 Å². The summed E-state index contributed by atoms with van der Waals surface area (Å²) in [6.07, 6.45) is 3.31. The number of aldehydes is 1. The summed E-state index contributed by atoms with van der Waals surface area (Å²) >= 11 is 0. The summed E-state index contributed by atoms with van der Waals surface area (Å²) in [6, 6.07) is 5.99. The molecule has 1 rings (SSSR count). The molecular weight excluding hydrogens is 280 g/mol. The third kappa shape index (κ3) is 6.06. The summed E-state index contributed by atoms with van der Waals surface area (Å²) in [5.41, 5.74) is 1.17. The maximum Gasteiger partial charge on any atom is 0.161 e. The summed E-state index contributed by atoms with van der Waals surface area (Å²) in [4.78, 5) is 10.8. The van der Waals surface area contributed by atoms with Gasteiger partial charge in [0, 0.05) is 26.6 Å². The van der Waals surface area contributed by atoms with Crippen molar-refractivity contribution >= 4 is 6.29 Å². The molecule has 0 radical (unpaired) electrons. The normalized spacial score (nSPS) is 12.2. The highest BCUT2D eigenvalue weighted by Crippen LogP contribution is 2.30. The fourth-order valence-corrected chi connectivity index (χ4v) is 2.36. The Morgan fingerprint density at radius 2 is 1.91 bits per heavy atom. The molecule has 0 aliphatic rings. The lowest BCUT2D eigenvalue weighted by atomic mass is 9.87. The molecule has 1 atom stereocenters. The van der Waals surface area contributed by atoms with Gasteiger partial charge < -0.3 is 19.0 Å². The highest BCUT2D eigenvalue weighted by Gasteiger charge is 2.15. The summed E-state index contributed by atoms with van der Waals surface area (Å²) < 4.78 is 16.2. The van der Waals surface area contributed by atoms with Crippen LogP contribution < -0.4 is 9.47 Å². The van der Waals surface area contributed by atoms with Gasteiger partial charge in [0.05, 0.1) is 13.7 Å². The zero-order chi connectivity index (χ0) is 16.4. The number of carbonyl (C=O) groups excluding carboxylic acids is 1. The Hall–Kier alpha value is -1.55. The lowest BCUT2D eigenvalue weighted by Gasteiger charge is -2.19. The van der Waals surface area contributed by atoms with E-state index >= 15 is 0 Å². The lowest BCUT2D eigenvalue weighted by Crippen LogP contribution is -2.13. The third-order valence-corrected chi connectivity index (χ3v) is 3.82. The van der Waals surface area contributed by atoms with Crippen LogP contribution in [0.2, 0.25) is 0 Å². The molecule has 4 heteroatoms. The molecule has 4 nitrogen and oxygen atoms in total. The number of carbonyl (C=O) groups is 1. The van der Waals surface area contributed by atoms with Crippen molar-refractivity contribution in [1.82, 2.24) is 0 Å². The van der Waals surface area contributed by atoms with E-state index in [1.54, 1.807) is 14.2 Å². The molecule has 0 saturated heterocycles. The van der Waals surface area contributed by atoms with Crippen molar-refractivity contribution < 1.29 is 19.0 Å². The van der Waals surface area contributed by atoms with Gasteiger partial charge in [-0.2, -0.15) is 0 Å². The molecule has 0 spiro atoms. The Balaban J connectivity index is 2.77. The number of methoxy groups -OCH3 is 2. The van der Waals surface area contributed by atoms with Crippen molar-refractivity contribution in [2.75, 3.05) is 27.4 Å². The second-order valence-corrected chi connectivity index (χ2v) is 5.79. The van der Waals surface area contributed by atoms with E-state index < -0.39 is 0 Å². The van der Waals surface area contributed by atoms with Gasteiger partial charge in [-0.15, -0.1) is 0 Å². The zero-order valence-electron chi connectivity index (χ0n) is 14.1. The summed E-state index contributed by atoms with van der Waals surface area (Å²) in [5, 5.41) is 0. The molecule has 0 aliphatic carbocycles. The molecule has 1 aromatic carbocycles. The largest absolute Gasteiger partial charge is 0.493 e. The van der Waals surface area contributed by atoms with Crippen LogP contribution >= 0.6 is 0 Å². The molecule has 0 bridgehead atoms. The van der Waals surface area contributed by atoms with Crippen molar-refractivity contribution in [3.8, 4) is 11.5 Å². The minimum Gasteiger partial charge on any atom is -0.493 e. The molecule has 0 aliphatic heterocycles. The van der Waals surface area contributed by atoms with Crippen molar-refractivity contribution in [3.05, 3.63) is 23.8 Å². The van der Waals surface area contributed by atoms with E-state index in [4.69, 9.17) is 14.2 Å². The van der Waals surface area contributed by atoms with Crippen LogP contribution in [0.1, 0.15) is 32.3 Å². The minimum absolute atomic E-state index is 0.354. The fourth-order valence-electron chi connectivity index (χ4n) is 2.36. The first-order valence-corrected chi connectivity index (χ1v) is 7.84. The topological polar surface area (TPSA) is 44.8 Å². The molecule has 0 heterocycles. The second kappa shape index (κ2) is 10.2. The van der Waals surface area contributed by atoms with Crippen molar-refractivity contribution in [2.24, 2.45) is 11.8 Å². The number of benzene rings is 1. The van der Waals surface area contributed by atoms with Gasteiger partial charge in [0.25, 0.3) is 0 Å². The molecule has 0 amide bonds. The van der Waals surface area contributed by atoms with Crippen LogP contribution in [0.25, 0.3) is 0 Å². The van der Waals surface area contributed by atoms with Gasteiger partial charge in [0.15, 0.2) is 11.5 Å². The molecule has 0 aromatic heterocycles. The van der Waals surface area contributed by atoms with E-state index in [1.165, 1.54) is 5.56 Å². The lowest BCUT2D eigenvalue weighted by molar-refractivity contribution is -0.108. The second-order valence-electron chi connectivity index (χ2n) is 5.79. The Bertz CT molecular complexity index is 443. The average Bonchev–Trinajstić information content (AvgIpc) is 2.51. The van der Waals surface area contributed by atoms with Crippen LogP contribution in [0, 0.1) is 11.8 Å². The molecular formula is C18H28O4. The first-order valence-electron chi connectivity index (χ1n) is 7.84. The van der Waals surface area contributed by atoms with Gasteiger partial charge in [-0.05, 0) is 36.0 Å². The maximum absolute atomic E-state index is 10.8. The van der Waals surface area contributed by atoms with Gasteiger partial charge in [-0.1, -0.05) is 19.9 Å². The van der Waals surface area contributed by atoms with Crippen LogP contribution in [0.3, 0.4) is 0 Å². The SMILES string of the molecule is COCCCOc1cc(C[C@@H](CC=O)C(C)C)ccc1OC. The van der Waals surface area contributed by atoms with Crippen molar-refractivity contribution in [1.29, 1.82) is 0 Å². The Morgan fingerprint density at radius 3 is 2.50 bits per heavy atom. The molecule has 0 fully saturated rings. The molecule has 1 aromatic rings. The predicted octanol–water partition coefficient (Wildman–Crippen LogP) is 3.51. The van der Waals surface area contributed by atoms with Crippen LogP contribution in [0.5, 0.6) is 11.5 Å². The molecule has 0 unspecified atom stereocenters. The number of hydrogen-bond donors (Lipinski definition) is 0. The Morgan fingerprint density at radius 1 is 1.14 bits per heavy atom. The van der Waals surface area contributed by atoms with Gasteiger partial charge >= 0.3 is 0 Å². The smallest absolute Gasteiger partial charge is 0.161 e. The molecule has 0 saturated carbocycles. The number of ether oxygens (including phenoxy) is 3. The van der Waals surface area contributed by atoms with Gasteiger partial charge in [-0.25, -0.2) is 0 Å². The molecule has 124 valence electrons. The van der Waals surface area contributed by atoms with Gasteiger partial charge in [0.2, 0.25) is 0 Å². The zero-order valence-corrected chi connectivity index (χ0v) is 14.1. The third-order valence-electron chi connectivity index (χ3n) is 3.82. The van der Waals surface area contributed by atoms with E-state index in [-0.39, 0.29) is 0 Å². The maximum atomic E-state index is 10.8. The predicted molar refractivity (Wildman–Crippen MR) is 87.7 cm³/mol. The molecule has 22 heavy (non-hydrogen) atoms. The standard InChI is InChI=1S/C18H28O4/c1-14(2)16(8-9-19)12-15-6-7-17(21-4)18(13-15)22-11-5-10-20-3/h6-7,9,13-14,16H,5,8,10-12H2,1-4H3/t16-/m1/s1. The van der Waals surface area contributed by atoms with Gasteiger partial charge in [-0.3, -0.25) is 0 Å². The van der Waals surface area contributed by atoms with E-state index in [0.29, 0.717) is 31.5 Å². The first-order chi connectivity index (χ1) is 10.6. The van der Waals surface area contributed by atoms with Crippen LogP contribution in [0.4, 0.5) is 0 Å². The highest BCUT2D eigenvalue weighted by molar-refractivity contribution is 5.50. The van der Waals surface area contributed by atoms with Crippen molar-refractivity contribution in [2.45, 2.75) is 33.1 Å². The van der Waals surface area contributed by atoms with E-state index in [1.807, 2.05) is 18.2 Å². The molecule has 0 N–H and O–H groups in total. The minimum atomic E-state index is 0.354. The van der Waals surface area contributed by atoms with Crippen LogP contribution in [-0.4, -0.2) is 33.7 Å². The average molecular weight is 308 g/mol. The Kier molecular flexibility index (Phi) is 8.60. The quantitative estimate of drug-likeness (QED) is 0.463. The van der Waals surface area contributed by atoms with E-state index in [9.17, 15) is 4.79 Å². The number of rotatable bonds is 11. The monoisotopic (exact) mass is 308 g/mol. The summed E-state index contributed by atoms with van der Waals surface area (Å²) in [5.74, 6) is 2.31. The van der Waals surface area contributed by atoms with E-state index in [0.717, 1.165) is 30.6 Å². The van der Waals surface area contributed by atoms with E-state index in [2.05, 4.69) is 13.8 Å². The first kappa shape index (κ1) is 18.5.